The SMILES string of the molecule is COc1cc(OC)c(NC(=O)Cc2csc(N)n2)cc1Cl. The number of nitrogens with two attached hydrogens (primary N) is 1. The Balaban J connectivity index is 2.14. The van der Waals surface area contributed by atoms with Crippen LogP contribution in [0.4, 0.5) is 10.8 Å². The van der Waals surface area contributed by atoms with E-state index in [1.807, 2.05) is 0 Å². The number of hydrogen-bond acceptors (Lipinski definition) is 6. The molecule has 0 spiro atoms. The molecule has 1 amide bonds. The number of nitrogens with zero attached hydrogens (tertiary/aromatic N) is 1. The van der Waals surface area contributed by atoms with Crippen molar-refractivity contribution in [3.8, 4) is 11.5 Å². The molecule has 1 heterocycles. The van der Waals surface area contributed by atoms with Crippen molar-refractivity contribution in [2.24, 2.45) is 0 Å². The monoisotopic (exact) mass is 327 g/mol. The van der Waals surface area contributed by atoms with Crippen molar-refractivity contribution in [2.75, 3.05) is 25.3 Å². The maximum atomic E-state index is 12.0. The number of aromatic nitrogens is 1. The number of nitrogen functional groups attached to an aromatic ring is 1. The van der Waals surface area contributed by atoms with E-state index in [0.29, 0.717) is 33.0 Å². The third kappa shape index (κ3) is 3.77. The van der Waals surface area contributed by atoms with Crippen LogP contribution < -0.4 is 20.5 Å². The maximum absolute atomic E-state index is 12.0. The zero-order chi connectivity index (χ0) is 15.4. The summed E-state index contributed by atoms with van der Waals surface area (Å²) in [6.07, 6.45) is 0.125. The Morgan fingerprint density at radius 1 is 1.38 bits per heavy atom. The molecule has 112 valence electrons. The Bertz CT molecular complexity index is 660. The molecular weight excluding hydrogens is 314 g/mol. The van der Waals surface area contributed by atoms with Crippen molar-refractivity contribution < 1.29 is 14.3 Å². The molecule has 6 nitrogen and oxygen atoms in total. The summed E-state index contributed by atoms with van der Waals surface area (Å²) in [4.78, 5) is 16.0. The van der Waals surface area contributed by atoms with Gasteiger partial charge in [-0.2, -0.15) is 0 Å². The number of carbonyl (C=O) groups is 1. The predicted molar refractivity (Wildman–Crippen MR) is 83.4 cm³/mol. The van der Waals surface area contributed by atoms with Crippen LogP contribution in [0, 0.1) is 0 Å². The third-order valence-corrected chi connectivity index (χ3v) is 3.68. The van der Waals surface area contributed by atoms with Crippen LogP contribution in [0.5, 0.6) is 11.5 Å². The van der Waals surface area contributed by atoms with Gasteiger partial charge in [-0.1, -0.05) is 11.6 Å². The molecule has 0 aliphatic rings. The Morgan fingerprint density at radius 2 is 2.10 bits per heavy atom. The summed E-state index contributed by atoms with van der Waals surface area (Å²) in [6.45, 7) is 0. The molecular formula is C13H14ClN3O3S. The van der Waals surface area contributed by atoms with Crippen LogP contribution in [0.15, 0.2) is 17.5 Å². The summed E-state index contributed by atoms with van der Waals surface area (Å²) in [6, 6.07) is 3.19. The van der Waals surface area contributed by atoms with Crippen LogP contribution in [0.3, 0.4) is 0 Å². The van der Waals surface area contributed by atoms with E-state index in [4.69, 9.17) is 26.8 Å². The highest BCUT2D eigenvalue weighted by molar-refractivity contribution is 7.13. The van der Waals surface area contributed by atoms with Crippen LogP contribution in [0.25, 0.3) is 0 Å². The second kappa shape index (κ2) is 6.64. The molecule has 0 aliphatic heterocycles. The molecule has 0 unspecified atom stereocenters. The third-order valence-electron chi connectivity index (χ3n) is 2.66. The number of carbonyl (C=O) groups excluding carboxylic acids is 1. The van der Waals surface area contributed by atoms with Crippen LogP contribution in [0.2, 0.25) is 5.02 Å². The van der Waals surface area contributed by atoms with Gasteiger partial charge in [0.1, 0.15) is 11.5 Å². The van der Waals surface area contributed by atoms with E-state index in [9.17, 15) is 4.79 Å². The molecule has 2 rings (SSSR count). The highest BCUT2D eigenvalue weighted by Gasteiger charge is 2.13. The number of ether oxygens (including phenoxy) is 2. The van der Waals surface area contributed by atoms with Gasteiger partial charge >= 0.3 is 0 Å². The van der Waals surface area contributed by atoms with E-state index >= 15 is 0 Å². The van der Waals surface area contributed by atoms with Gasteiger partial charge < -0.3 is 20.5 Å². The summed E-state index contributed by atoms with van der Waals surface area (Å²) >= 11 is 7.34. The normalized spacial score (nSPS) is 10.2. The number of halogens is 1. The Labute approximate surface area is 130 Å². The van der Waals surface area contributed by atoms with E-state index in [1.54, 1.807) is 17.5 Å². The van der Waals surface area contributed by atoms with Crippen molar-refractivity contribution >= 4 is 39.7 Å². The number of anilines is 2. The summed E-state index contributed by atoms with van der Waals surface area (Å²) < 4.78 is 10.3. The van der Waals surface area contributed by atoms with Crippen LogP contribution in [-0.2, 0) is 11.2 Å². The highest BCUT2D eigenvalue weighted by Crippen LogP contribution is 2.35. The van der Waals surface area contributed by atoms with Crippen molar-refractivity contribution in [3.63, 3.8) is 0 Å². The second-order valence-corrected chi connectivity index (χ2v) is 5.39. The molecule has 0 bridgehead atoms. The number of rotatable bonds is 5. The average molecular weight is 328 g/mol. The number of benzene rings is 1. The first-order valence-corrected chi connectivity index (χ1v) is 7.20. The number of amides is 1. The lowest BCUT2D eigenvalue weighted by Crippen LogP contribution is -2.15. The van der Waals surface area contributed by atoms with E-state index in [1.165, 1.54) is 25.6 Å². The zero-order valence-corrected chi connectivity index (χ0v) is 13.0. The quantitative estimate of drug-likeness (QED) is 0.881. The Kier molecular flexibility index (Phi) is 4.87. The number of nitrogens with one attached hydrogen (secondary N) is 1. The second-order valence-electron chi connectivity index (χ2n) is 4.09. The Hall–Kier alpha value is -1.99. The molecule has 0 radical (unpaired) electrons. The maximum Gasteiger partial charge on any atom is 0.230 e. The topological polar surface area (TPSA) is 86.5 Å². The molecule has 21 heavy (non-hydrogen) atoms. The molecule has 0 aliphatic carbocycles. The van der Waals surface area contributed by atoms with Crippen molar-refractivity contribution in [3.05, 3.63) is 28.2 Å². The highest BCUT2D eigenvalue weighted by atomic mass is 35.5. The average Bonchev–Trinajstić information content (AvgIpc) is 2.84. The first-order valence-electron chi connectivity index (χ1n) is 5.94. The molecule has 0 fully saturated rings. The van der Waals surface area contributed by atoms with Crippen LogP contribution in [0.1, 0.15) is 5.69 Å². The van der Waals surface area contributed by atoms with Gasteiger partial charge in [-0.15, -0.1) is 11.3 Å². The number of hydrogen-bond donors (Lipinski definition) is 2. The number of thiazole rings is 1. The van der Waals surface area contributed by atoms with E-state index in [0.717, 1.165) is 0 Å². The van der Waals surface area contributed by atoms with Crippen molar-refractivity contribution in [1.82, 2.24) is 4.98 Å². The minimum atomic E-state index is -0.236. The van der Waals surface area contributed by atoms with Gasteiger partial charge in [0.15, 0.2) is 5.13 Å². The molecule has 0 saturated heterocycles. The fourth-order valence-electron chi connectivity index (χ4n) is 1.72. The van der Waals surface area contributed by atoms with Crippen LogP contribution >= 0.6 is 22.9 Å². The standard InChI is InChI=1S/C13H14ClN3O3S/c1-19-10-5-11(20-2)9(4-8(10)14)17-12(18)3-7-6-21-13(15)16-7/h4-6H,3H2,1-2H3,(H2,15,16)(H,17,18). The molecule has 2 aromatic rings. The van der Waals surface area contributed by atoms with Gasteiger partial charge in [0, 0.05) is 11.4 Å². The van der Waals surface area contributed by atoms with Gasteiger partial charge in [0.25, 0.3) is 0 Å². The minimum Gasteiger partial charge on any atom is -0.495 e. The van der Waals surface area contributed by atoms with Gasteiger partial charge in [0.2, 0.25) is 5.91 Å². The van der Waals surface area contributed by atoms with E-state index in [-0.39, 0.29) is 12.3 Å². The lowest BCUT2D eigenvalue weighted by atomic mass is 10.2. The molecule has 1 aromatic heterocycles. The van der Waals surface area contributed by atoms with E-state index < -0.39 is 0 Å². The number of methoxy groups -OCH3 is 2. The first kappa shape index (κ1) is 15.4. The van der Waals surface area contributed by atoms with Gasteiger partial charge in [0.05, 0.1) is 37.0 Å². The van der Waals surface area contributed by atoms with Crippen molar-refractivity contribution in [1.29, 1.82) is 0 Å². The van der Waals surface area contributed by atoms with E-state index in [2.05, 4.69) is 10.3 Å². The summed E-state index contributed by atoms with van der Waals surface area (Å²) in [5, 5.41) is 5.29. The minimum absolute atomic E-state index is 0.125. The predicted octanol–water partition coefficient (Wildman–Crippen LogP) is 2.58. The lowest BCUT2D eigenvalue weighted by Gasteiger charge is -2.12. The smallest absolute Gasteiger partial charge is 0.230 e. The summed E-state index contributed by atoms with van der Waals surface area (Å²) in [5.41, 5.74) is 6.62. The summed E-state index contributed by atoms with van der Waals surface area (Å²) in [5.74, 6) is 0.695. The summed E-state index contributed by atoms with van der Waals surface area (Å²) in [7, 11) is 3.00. The largest absolute Gasteiger partial charge is 0.495 e. The lowest BCUT2D eigenvalue weighted by molar-refractivity contribution is -0.115. The van der Waals surface area contributed by atoms with Gasteiger partial charge in [-0.05, 0) is 6.07 Å². The molecule has 8 heteroatoms. The molecule has 0 atom stereocenters. The molecule has 0 saturated carbocycles. The van der Waals surface area contributed by atoms with Crippen LogP contribution in [-0.4, -0.2) is 25.1 Å². The van der Waals surface area contributed by atoms with Gasteiger partial charge in [-0.25, -0.2) is 4.98 Å². The van der Waals surface area contributed by atoms with Crippen molar-refractivity contribution in [2.45, 2.75) is 6.42 Å². The first-order chi connectivity index (χ1) is 10.0. The Morgan fingerprint density at radius 3 is 2.67 bits per heavy atom. The molecule has 3 N–H and O–H groups in total. The fraction of sp³-hybridized carbons (Fsp3) is 0.231. The zero-order valence-electron chi connectivity index (χ0n) is 11.5. The van der Waals surface area contributed by atoms with Gasteiger partial charge in [-0.3, -0.25) is 4.79 Å². The molecule has 1 aromatic carbocycles. The fourth-order valence-corrected chi connectivity index (χ4v) is 2.52.